The second kappa shape index (κ2) is 5.75. The number of fused-ring (bicyclic) bond motifs is 1. The Hall–Kier alpha value is -2.05. The van der Waals surface area contributed by atoms with Gasteiger partial charge in [-0.15, -0.1) is 0 Å². The van der Waals surface area contributed by atoms with E-state index in [4.69, 9.17) is 4.42 Å². The number of amides is 1. The summed E-state index contributed by atoms with van der Waals surface area (Å²) in [5, 5.41) is 0. The van der Waals surface area contributed by atoms with Gasteiger partial charge in [-0.05, 0) is 18.6 Å². The lowest BCUT2D eigenvalue weighted by molar-refractivity contribution is -0.170. The minimum absolute atomic E-state index is 0.114. The zero-order valence-electron chi connectivity index (χ0n) is 11.7. The first-order chi connectivity index (χ1) is 9.82. The van der Waals surface area contributed by atoms with E-state index in [-0.39, 0.29) is 5.69 Å². The van der Waals surface area contributed by atoms with E-state index in [1.807, 2.05) is 6.92 Å². The Bertz CT molecular complexity index is 649. The fraction of sp³-hybridized carbons (Fsp3) is 0.429. The van der Waals surface area contributed by atoms with Crippen molar-refractivity contribution in [2.45, 2.75) is 32.4 Å². The van der Waals surface area contributed by atoms with E-state index in [1.165, 1.54) is 12.1 Å². The molecule has 0 radical (unpaired) electrons. The van der Waals surface area contributed by atoms with Crippen molar-refractivity contribution in [3.63, 3.8) is 0 Å². The topological polar surface area (TPSA) is 46.3 Å². The van der Waals surface area contributed by atoms with Crippen molar-refractivity contribution in [1.29, 1.82) is 0 Å². The maximum atomic E-state index is 12.4. The lowest BCUT2D eigenvalue weighted by Gasteiger charge is -2.18. The number of oxazole rings is 1. The van der Waals surface area contributed by atoms with Crippen molar-refractivity contribution in [2.24, 2.45) is 0 Å². The highest BCUT2D eigenvalue weighted by Crippen LogP contribution is 2.26. The van der Waals surface area contributed by atoms with E-state index in [1.54, 1.807) is 6.07 Å². The molecule has 0 N–H and O–H groups in total. The maximum Gasteiger partial charge on any atom is 0.471 e. The smallest absolute Gasteiger partial charge is 0.441 e. The quantitative estimate of drug-likeness (QED) is 0.865. The van der Waals surface area contributed by atoms with E-state index in [0.717, 1.165) is 19.9 Å². The van der Waals surface area contributed by atoms with Gasteiger partial charge in [0.2, 0.25) is 0 Å². The molecule has 2 aromatic rings. The van der Waals surface area contributed by atoms with Gasteiger partial charge in [0.05, 0.1) is 0 Å². The number of unbranched alkanes of at least 4 members (excludes halogenated alkanes) is 1. The lowest BCUT2D eigenvalue weighted by Crippen LogP contribution is -2.38. The highest BCUT2D eigenvalue weighted by Gasteiger charge is 2.41. The number of carbonyl (C=O) groups excluding carboxylic acids is 1. The standard InChI is InChI=1S/C14H15F3N2O2/c1-3-4-5-12-18-10-7-6-9(8-11(10)21-12)19(2)13(20)14(15,16)17/h6-8H,3-5H2,1-2H3. The van der Waals surface area contributed by atoms with Crippen LogP contribution in [0.1, 0.15) is 25.7 Å². The molecule has 0 unspecified atom stereocenters. The molecule has 21 heavy (non-hydrogen) atoms. The van der Waals surface area contributed by atoms with Crippen molar-refractivity contribution in [3.05, 3.63) is 24.1 Å². The molecular weight excluding hydrogens is 285 g/mol. The molecule has 4 nitrogen and oxygen atoms in total. The number of carbonyl (C=O) groups is 1. The summed E-state index contributed by atoms with van der Waals surface area (Å²) >= 11 is 0. The van der Waals surface area contributed by atoms with Crippen LogP contribution in [0.15, 0.2) is 22.6 Å². The van der Waals surface area contributed by atoms with Gasteiger partial charge in [0.25, 0.3) is 0 Å². The number of hydrogen-bond acceptors (Lipinski definition) is 3. The normalized spacial score (nSPS) is 11.9. The van der Waals surface area contributed by atoms with E-state index in [2.05, 4.69) is 4.98 Å². The number of rotatable bonds is 4. The van der Waals surface area contributed by atoms with Gasteiger partial charge >= 0.3 is 12.1 Å². The molecule has 1 heterocycles. The predicted molar refractivity (Wildman–Crippen MR) is 72.1 cm³/mol. The highest BCUT2D eigenvalue weighted by molar-refractivity contribution is 5.98. The number of aryl methyl sites for hydroxylation is 1. The number of alkyl halides is 3. The third-order valence-corrected chi connectivity index (χ3v) is 3.09. The van der Waals surface area contributed by atoms with Crippen molar-refractivity contribution >= 4 is 22.7 Å². The summed E-state index contributed by atoms with van der Waals surface area (Å²) < 4.78 is 42.7. The van der Waals surface area contributed by atoms with Crippen LogP contribution < -0.4 is 4.90 Å². The maximum absolute atomic E-state index is 12.4. The van der Waals surface area contributed by atoms with Crippen LogP contribution in [0.4, 0.5) is 18.9 Å². The first-order valence-corrected chi connectivity index (χ1v) is 6.57. The molecule has 0 aliphatic heterocycles. The SMILES string of the molecule is CCCCc1nc2ccc(N(C)C(=O)C(F)(F)F)cc2o1. The van der Waals surface area contributed by atoms with E-state index in [0.29, 0.717) is 28.3 Å². The van der Waals surface area contributed by atoms with Gasteiger partial charge in [0.15, 0.2) is 11.5 Å². The Morgan fingerprint density at radius 1 is 1.38 bits per heavy atom. The average Bonchev–Trinajstić information content (AvgIpc) is 2.84. The van der Waals surface area contributed by atoms with Crippen molar-refractivity contribution in [1.82, 2.24) is 4.98 Å². The molecule has 7 heteroatoms. The second-order valence-electron chi connectivity index (χ2n) is 4.73. The van der Waals surface area contributed by atoms with Crippen LogP contribution in [0.2, 0.25) is 0 Å². The Labute approximate surface area is 119 Å². The fourth-order valence-corrected chi connectivity index (χ4v) is 1.91. The molecule has 2 rings (SSSR count). The summed E-state index contributed by atoms with van der Waals surface area (Å²) in [6, 6.07) is 4.35. The monoisotopic (exact) mass is 300 g/mol. The largest absolute Gasteiger partial charge is 0.471 e. The Balaban J connectivity index is 2.28. The molecule has 0 spiro atoms. The Morgan fingerprint density at radius 2 is 2.10 bits per heavy atom. The van der Waals surface area contributed by atoms with Crippen LogP contribution in [0, 0.1) is 0 Å². The summed E-state index contributed by atoms with van der Waals surface area (Å²) in [5.74, 6) is -1.37. The molecule has 0 bridgehead atoms. The van der Waals surface area contributed by atoms with Gasteiger partial charge in [-0.2, -0.15) is 13.2 Å². The highest BCUT2D eigenvalue weighted by atomic mass is 19.4. The number of halogens is 3. The lowest BCUT2D eigenvalue weighted by atomic mass is 10.2. The van der Waals surface area contributed by atoms with Gasteiger partial charge in [0.1, 0.15) is 5.52 Å². The molecule has 0 aliphatic carbocycles. The van der Waals surface area contributed by atoms with E-state index in [9.17, 15) is 18.0 Å². The van der Waals surface area contributed by atoms with Gasteiger partial charge in [-0.3, -0.25) is 4.79 Å². The molecule has 0 saturated heterocycles. The molecule has 1 aromatic carbocycles. The predicted octanol–water partition coefficient (Wildman–Crippen LogP) is 3.70. The summed E-state index contributed by atoms with van der Waals surface area (Å²) in [4.78, 5) is 16.0. The molecule has 114 valence electrons. The van der Waals surface area contributed by atoms with Crippen LogP contribution in [0.3, 0.4) is 0 Å². The van der Waals surface area contributed by atoms with Crippen molar-refractivity contribution < 1.29 is 22.4 Å². The van der Waals surface area contributed by atoms with Gasteiger partial charge < -0.3 is 9.32 Å². The van der Waals surface area contributed by atoms with E-state index >= 15 is 0 Å². The third-order valence-electron chi connectivity index (χ3n) is 3.09. The van der Waals surface area contributed by atoms with Crippen molar-refractivity contribution in [2.75, 3.05) is 11.9 Å². The molecule has 1 amide bonds. The summed E-state index contributed by atoms with van der Waals surface area (Å²) in [6.07, 6.45) is -2.31. The number of hydrogen-bond donors (Lipinski definition) is 0. The van der Waals surface area contributed by atoms with Gasteiger partial charge in [-0.25, -0.2) is 4.98 Å². The zero-order valence-corrected chi connectivity index (χ0v) is 11.7. The van der Waals surface area contributed by atoms with Crippen LogP contribution in [0.5, 0.6) is 0 Å². The summed E-state index contributed by atoms with van der Waals surface area (Å²) in [5.41, 5.74) is 1.06. The number of anilines is 1. The van der Waals surface area contributed by atoms with Crippen LogP contribution >= 0.6 is 0 Å². The summed E-state index contributed by atoms with van der Waals surface area (Å²) in [6.45, 7) is 2.04. The van der Waals surface area contributed by atoms with E-state index < -0.39 is 12.1 Å². The molecule has 1 aromatic heterocycles. The van der Waals surface area contributed by atoms with Crippen LogP contribution in [-0.4, -0.2) is 24.1 Å². The number of benzene rings is 1. The first-order valence-electron chi connectivity index (χ1n) is 6.57. The molecule has 0 atom stereocenters. The Kier molecular flexibility index (Phi) is 4.20. The van der Waals surface area contributed by atoms with Crippen LogP contribution in [-0.2, 0) is 11.2 Å². The van der Waals surface area contributed by atoms with Gasteiger partial charge in [-0.1, -0.05) is 13.3 Å². The Morgan fingerprint density at radius 3 is 2.71 bits per heavy atom. The van der Waals surface area contributed by atoms with Crippen LogP contribution in [0.25, 0.3) is 11.1 Å². The second-order valence-corrected chi connectivity index (χ2v) is 4.73. The third kappa shape index (κ3) is 3.34. The molecular formula is C14H15F3N2O2. The zero-order chi connectivity index (χ0) is 15.6. The molecule has 0 saturated carbocycles. The first kappa shape index (κ1) is 15.3. The minimum Gasteiger partial charge on any atom is -0.441 e. The minimum atomic E-state index is -4.91. The fourth-order valence-electron chi connectivity index (χ4n) is 1.91. The number of nitrogens with zero attached hydrogens (tertiary/aromatic N) is 2. The van der Waals surface area contributed by atoms with Gasteiger partial charge in [0, 0.05) is 25.2 Å². The molecule has 0 aliphatic rings. The molecule has 0 fully saturated rings. The van der Waals surface area contributed by atoms with Crippen molar-refractivity contribution in [3.8, 4) is 0 Å². The summed E-state index contributed by atoms with van der Waals surface area (Å²) in [7, 11) is 1.07. The number of aromatic nitrogens is 1. The average molecular weight is 300 g/mol.